The monoisotopic (exact) mass is 364 g/mol. The van der Waals surface area contributed by atoms with E-state index in [2.05, 4.69) is 26.2 Å². The van der Waals surface area contributed by atoms with E-state index in [4.69, 9.17) is 0 Å². The quantitative estimate of drug-likeness (QED) is 0.718. The van der Waals surface area contributed by atoms with Crippen LogP contribution in [0.15, 0.2) is 51.1 Å². The van der Waals surface area contributed by atoms with E-state index in [1.807, 2.05) is 41.1 Å². The number of hydrogen-bond acceptors (Lipinski definition) is 4. The normalized spacial score (nSPS) is 10.4. The summed E-state index contributed by atoms with van der Waals surface area (Å²) in [6.45, 7) is 0. The van der Waals surface area contributed by atoms with E-state index in [0.29, 0.717) is 5.56 Å². The molecule has 2 heterocycles. The lowest BCUT2D eigenvalue weighted by atomic mass is 10.2. The summed E-state index contributed by atoms with van der Waals surface area (Å²) in [6.07, 6.45) is 1.77. The first-order chi connectivity index (χ1) is 9.72. The number of rotatable bonds is 3. The number of halogens is 1. The summed E-state index contributed by atoms with van der Waals surface area (Å²) in [7, 11) is 0. The first-order valence-corrected chi connectivity index (χ1v) is 8.33. The second-order valence-corrected chi connectivity index (χ2v) is 7.20. The zero-order valence-electron chi connectivity index (χ0n) is 10.2. The van der Waals surface area contributed by atoms with Gasteiger partial charge in [-0.05, 0) is 34.1 Å². The van der Waals surface area contributed by atoms with Crippen molar-refractivity contribution >= 4 is 50.2 Å². The Balaban J connectivity index is 1.81. The van der Waals surface area contributed by atoms with Gasteiger partial charge in [0.1, 0.15) is 5.01 Å². The second-order valence-electron chi connectivity index (χ2n) is 4.01. The summed E-state index contributed by atoms with van der Waals surface area (Å²) in [5.41, 5.74) is 2.43. The first-order valence-electron chi connectivity index (χ1n) is 5.78. The molecule has 0 aliphatic rings. The van der Waals surface area contributed by atoms with Crippen LogP contribution in [0.3, 0.4) is 0 Å². The third kappa shape index (κ3) is 2.98. The van der Waals surface area contributed by atoms with Gasteiger partial charge in [0.05, 0.1) is 9.35 Å². The minimum absolute atomic E-state index is 0.108. The van der Waals surface area contributed by atoms with E-state index < -0.39 is 0 Å². The van der Waals surface area contributed by atoms with E-state index in [9.17, 15) is 4.79 Å². The van der Waals surface area contributed by atoms with Crippen molar-refractivity contribution < 1.29 is 4.79 Å². The van der Waals surface area contributed by atoms with Crippen LogP contribution in [0.25, 0.3) is 10.6 Å². The molecule has 6 heteroatoms. The standard InChI is InChI=1S/C14H9BrN2OS2/c15-12-7-10(8-20-12)13(18)17-11-3-1-2-9(6-11)14-16-4-5-19-14/h1-8H,(H,17,18). The number of thiophene rings is 1. The number of hydrogen-bond donors (Lipinski definition) is 1. The van der Waals surface area contributed by atoms with Crippen molar-refractivity contribution in [3.63, 3.8) is 0 Å². The van der Waals surface area contributed by atoms with Crippen LogP contribution >= 0.6 is 38.6 Å². The highest BCUT2D eigenvalue weighted by atomic mass is 79.9. The van der Waals surface area contributed by atoms with Crippen molar-refractivity contribution in [2.75, 3.05) is 5.32 Å². The van der Waals surface area contributed by atoms with Gasteiger partial charge in [-0.25, -0.2) is 4.98 Å². The number of nitrogens with one attached hydrogen (secondary N) is 1. The van der Waals surface area contributed by atoms with E-state index in [0.717, 1.165) is 20.0 Å². The third-order valence-electron chi connectivity index (χ3n) is 2.63. The largest absolute Gasteiger partial charge is 0.322 e. The lowest BCUT2D eigenvalue weighted by Crippen LogP contribution is -2.10. The molecule has 0 unspecified atom stereocenters. The topological polar surface area (TPSA) is 42.0 Å². The van der Waals surface area contributed by atoms with E-state index >= 15 is 0 Å². The number of carbonyl (C=O) groups excluding carboxylic acids is 1. The number of nitrogens with zero attached hydrogens (tertiary/aromatic N) is 1. The molecule has 1 aromatic carbocycles. The summed E-state index contributed by atoms with van der Waals surface area (Å²) >= 11 is 6.42. The Hall–Kier alpha value is -1.50. The Morgan fingerprint density at radius 1 is 1.25 bits per heavy atom. The van der Waals surface area contributed by atoms with Gasteiger partial charge in [0.2, 0.25) is 0 Å². The molecule has 0 fully saturated rings. The molecule has 3 nitrogen and oxygen atoms in total. The van der Waals surface area contributed by atoms with Crippen molar-refractivity contribution in [1.82, 2.24) is 4.98 Å². The molecule has 0 saturated heterocycles. The maximum absolute atomic E-state index is 12.1. The van der Waals surface area contributed by atoms with E-state index in [1.54, 1.807) is 17.5 Å². The zero-order valence-corrected chi connectivity index (χ0v) is 13.4. The van der Waals surface area contributed by atoms with Gasteiger partial charge in [0, 0.05) is 28.2 Å². The molecule has 0 bridgehead atoms. The summed E-state index contributed by atoms with van der Waals surface area (Å²) in [5.74, 6) is -0.108. The van der Waals surface area contributed by atoms with Crippen molar-refractivity contribution in [2.45, 2.75) is 0 Å². The van der Waals surface area contributed by atoms with E-state index in [-0.39, 0.29) is 5.91 Å². The lowest BCUT2D eigenvalue weighted by molar-refractivity contribution is 0.102. The second kappa shape index (κ2) is 5.87. The van der Waals surface area contributed by atoms with E-state index in [1.165, 1.54) is 11.3 Å². The van der Waals surface area contributed by atoms with Gasteiger partial charge in [-0.2, -0.15) is 0 Å². The van der Waals surface area contributed by atoms with Crippen LogP contribution in [0.4, 0.5) is 5.69 Å². The fourth-order valence-electron chi connectivity index (χ4n) is 1.73. The molecule has 0 aliphatic heterocycles. The number of benzene rings is 1. The summed E-state index contributed by atoms with van der Waals surface area (Å²) in [6, 6.07) is 9.50. The van der Waals surface area contributed by atoms with Crippen LogP contribution < -0.4 is 5.32 Å². The Morgan fingerprint density at radius 2 is 2.15 bits per heavy atom. The van der Waals surface area contributed by atoms with Crippen LogP contribution in [0.5, 0.6) is 0 Å². The van der Waals surface area contributed by atoms with Gasteiger partial charge in [-0.1, -0.05) is 12.1 Å². The number of carbonyl (C=O) groups is 1. The SMILES string of the molecule is O=C(Nc1cccc(-c2nccs2)c1)c1csc(Br)c1. The van der Waals surface area contributed by atoms with Crippen LogP contribution in [0, 0.1) is 0 Å². The zero-order chi connectivity index (χ0) is 13.9. The molecule has 3 aromatic rings. The van der Waals surface area contributed by atoms with Gasteiger partial charge in [-0.3, -0.25) is 4.79 Å². The predicted octanol–water partition coefficient (Wildman–Crippen LogP) is 4.89. The molecule has 1 amide bonds. The molecule has 0 spiro atoms. The molecule has 2 aromatic heterocycles. The molecule has 0 aliphatic carbocycles. The molecule has 100 valence electrons. The van der Waals surface area contributed by atoms with Crippen molar-refractivity contribution in [3.8, 4) is 10.6 Å². The molecular weight excluding hydrogens is 356 g/mol. The third-order valence-corrected chi connectivity index (χ3v) is 4.96. The van der Waals surface area contributed by atoms with Gasteiger partial charge in [0.15, 0.2) is 0 Å². The molecule has 1 N–H and O–H groups in total. The summed E-state index contributed by atoms with van der Waals surface area (Å²) in [5, 5.41) is 7.60. The molecule has 0 radical (unpaired) electrons. The number of thiazole rings is 1. The average molecular weight is 365 g/mol. The minimum Gasteiger partial charge on any atom is -0.322 e. The van der Waals surface area contributed by atoms with Gasteiger partial charge in [0.25, 0.3) is 5.91 Å². The highest BCUT2D eigenvalue weighted by Crippen LogP contribution is 2.25. The lowest BCUT2D eigenvalue weighted by Gasteiger charge is -2.05. The predicted molar refractivity (Wildman–Crippen MR) is 87.5 cm³/mol. The molecule has 0 saturated carbocycles. The van der Waals surface area contributed by atoms with Crippen molar-refractivity contribution in [3.05, 3.63) is 56.6 Å². The van der Waals surface area contributed by atoms with Crippen molar-refractivity contribution in [1.29, 1.82) is 0 Å². The number of amides is 1. The van der Waals surface area contributed by atoms with Crippen LogP contribution in [0.2, 0.25) is 0 Å². The Labute approximate surface area is 132 Å². The Kier molecular flexibility index (Phi) is 3.95. The molecule has 20 heavy (non-hydrogen) atoms. The maximum atomic E-state index is 12.1. The molecule has 3 rings (SSSR count). The summed E-state index contributed by atoms with van der Waals surface area (Å²) < 4.78 is 0.944. The molecular formula is C14H9BrN2OS2. The van der Waals surface area contributed by atoms with Gasteiger partial charge < -0.3 is 5.32 Å². The maximum Gasteiger partial charge on any atom is 0.256 e. The minimum atomic E-state index is -0.108. The first kappa shape index (κ1) is 13.5. The smallest absolute Gasteiger partial charge is 0.256 e. The average Bonchev–Trinajstić information content (AvgIpc) is 3.10. The number of anilines is 1. The van der Waals surface area contributed by atoms with Crippen LogP contribution in [0.1, 0.15) is 10.4 Å². The fourth-order valence-corrected chi connectivity index (χ4v) is 3.50. The number of aromatic nitrogens is 1. The van der Waals surface area contributed by atoms with Gasteiger partial charge >= 0.3 is 0 Å². The Morgan fingerprint density at radius 3 is 2.85 bits per heavy atom. The van der Waals surface area contributed by atoms with Crippen molar-refractivity contribution in [2.24, 2.45) is 0 Å². The van der Waals surface area contributed by atoms with Crippen LogP contribution in [-0.4, -0.2) is 10.9 Å². The van der Waals surface area contributed by atoms with Crippen LogP contribution in [-0.2, 0) is 0 Å². The van der Waals surface area contributed by atoms with Gasteiger partial charge in [-0.15, -0.1) is 22.7 Å². The highest BCUT2D eigenvalue weighted by molar-refractivity contribution is 9.11. The fraction of sp³-hybridized carbons (Fsp3) is 0. The molecule has 0 atom stereocenters. The highest BCUT2D eigenvalue weighted by Gasteiger charge is 2.09. The summed E-state index contributed by atoms with van der Waals surface area (Å²) in [4.78, 5) is 16.4. The Bertz CT molecular complexity index is 737.